The Kier molecular flexibility index (Phi) is 5.57. The van der Waals surface area contributed by atoms with Crippen molar-refractivity contribution in [2.45, 2.75) is 71.2 Å². The lowest BCUT2D eigenvalue weighted by molar-refractivity contribution is -0.160. The van der Waals surface area contributed by atoms with Crippen LogP contribution in [0.15, 0.2) is 30.3 Å². The van der Waals surface area contributed by atoms with Crippen LogP contribution in [-0.2, 0) is 19.1 Å². The Labute approximate surface area is 150 Å². The normalized spacial score (nSPS) is 24.0. The summed E-state index contributed by atoms with van der Waals surface area (Å²) >= 11 is 0. The molecule has 25 heavy (non-hydrogen) atoms. The number of esters is 2. The smallest absolute Gasteiger partial charge is 0.323 e. The molecule has 1 saturated heterocycles. The van der Waals surface area contributed by atoms with Gasteiger partial charge in [-0.05, 0) is 53.5 Å². The van der Waals surface area contributed by atoms with Crippen LogP contribution in [0.2, 0.25) is 0 Å². The van der Waals surface area contributed by atoms with Crippen molar-refractivity contribution in [3.05, 3.63) is 35.9 Å². The maximum atomic E-state index is 12.7. The van der Waals surface area contributed by atoms with Gasteiger partial charge in [0.15, 0.2) is 0 Å². The first kappa shape index (κ1) is 19.4. The zero-order valence-corrected chi connectivity index (χ0v) is 16.0. The highest BCUT2D eigenvalue weighted by molar-refractivity contribution is 5.81. The fraction of sp³-hybridized carbons (Fsp3) is 0.600. The Morgan fingerprint density at radius 2 is 1.44 bits per heavy atom. The summed E-state index contributed by atoms with van der Waals surface area (Å²) in [7, 11) is 0. The van der Waals surface area contributed by atoms with Crippen molar-refractivity contribution in [2.24, 2.45) is 5.92 Å². The third-order valence-electron chi connectivity index (χ3n) is 3.83. The monoisotopic (exact) mass is 347 g/mol. The highest BCUT2D eigenvalue weighted by atomic mass is 16.6. The number of nitrogens with one attached hydrogen (secondary N) is 1. The van der Waals surface area contributed by atoms with E-state index >= 15 is 0 Å². The van der Waals surface area contributed by atoms with E-state index in [9.17, 15) is 9.59 Å². The van der Waals surface area contributed by atoms with Gasteiger partial charge in [-0.3, -0.25) is 14.9 Å². The minimum Gasteiger partial charge on any atom is -0.460 e. The molecular formula is C20H29NO4. The number of ether oxygens (including phenoxy) is 2. The van der Waals surface area contributed by atoms with E-state index in [-0.39, 0.29) is 18.0 Å². The standard InChI is InChI=1S/C20H29NO4/c1-19(2,3)24-17(22)14-12-15(18(23)25-20(4,5)6)21-16(14)13-10-8-7-9-11-13/h7-11,14-16,21H,12H2,1-6H3/t14-,15-,16-/m1/s1. The van der Waals surface area contributed by atoms with Crippen molar-refractivity contribution in [3.63, 3.8) is 0 Å². The Morgan fingerprint density at radius 1 is 0.920 bits per heavy atom. The van der Waals surface area contributed by atoms with Gasteiger partial charge in [-0.2, -0.15) is 0 Å². The van der Waals surface area contributed by atoms with Crippen LogP contribution in [0.5, 0.6) is 0 Å². The van der Waals surface area contributed by atoms with Crippen LogP contribution in [-0.4, -0.2) is 29.2 Å². The Hall–Kier alpha value is -1.88. The first-order valence-corrected chi connectivity index (χ1v) is 8.73. The second-order valence-electron chi connectivity index (χ2n) is 8.52. The van der Waals surface area contributed by atoms with Crippen LogP contribution >= 0.6 is 0 Å². The minimum absolute atomic E-state index is 0.270. The highest BCUT2D eigenvalue weighted by Gasteiger charge is 2.44. The first-order valence-electron chi connectivity index (χ1n) is 8.73. The van der Waals surface area contributed by atoms with Crippen LogP contribution < -0.4 is 5.32 Å². The molecule has 2 rings (SSSR count). The highest BCUT2D eigenvalue weighted by Crippen LogP contribution is 2.35. The lowest BCUT2D eigenvalue weighted by Crippen LogP contribution is -2.38. The predicted molar refractivity (Wildman–Crippen MR) is 95.9 cm³/mol. The molecule has 0 amide bonds. The summed E-state index contributed by atoms with van der Waals surface area (Å²) in [6, 6.07) is 8.87. The molecule has 1 fully saturated rings. The molecule has 1 aliphatic rings. The summed E-state index contributed by atoms with van der Waals surface area (Å²) in [4.78, 5) is 25.1. The summed E-state index contributed by atoms with van der Waals surface area (Å²) in [5.74, 6) is -1.06. The van der Waals surface area contributed by atoms with Crippen molar-refractivity contribution in [1.29, 1.82) is 0 Å². The number of hydrogen-bond donors (Lipinski definition) is 1. The largest absolute Gasteiger partial charge is 0.460 e. The number of hydrogen-bond acceptors (Lipinski definition) is 5. The van der Waals surface area contributed by atoms with Crippen molar-refractivity contribution in [2.75, 3.05) is 0 Å². The lowest BCUT2D eigenvalue weighted by atomic mass is 9.93. The molecule has 1 aromatic rings. The lowest BCUT2D eigenvalue weighted by Gasteiger charge is -2.25. The zero-order valence-electron chi connectivity index (χ0n) is 16.0. The molecule has 3 atom stereocenters. The van der Waals surface area contributed by atoms with Gasteiger partial charge >= 0.3 is 11.9 Å². The SMILES string of the molecule is CC(C)(C)OC(=O)[C@H]1C[C@@H](C(=O)OC(C)(C)C)[C@@H](c2ccccc2)N1. The van der Waals surface area contributed by atoms with Gasteiger partial charge in [-0.25, -0.2) is 0 Å². The minimum atomic E-state index is -0.567. The molecule has 0 aromatic heterocycles. The molecule has 138 valence electrons. The quantitative estimate of drug-likeness (QED) is 0.849. The molecule has 1 heterocycles. The summed E-state index contributed by atoms with van der Waals surface area (Å²) in [5, 5.41) is 3.27. The Morgan fingerprint density at radius 3 is 1.96 bits per heavy atom. The molecule has 5 heteroatoms. The van der Waals surface area contributed by atoms with Crippen molar-refractivity contribution in [1.82, 2.24) is 5.32 Å². The van der Waals surface area contributed by atoms with E-state index in [0.717, 1.165) is 5.56 Å². The van der Waals surface area contributed by atoms with Crippen LogP contribution in [0.25, 0.3) is 0 Å². The Balaban J connectivity index is 2.22. The van der Waals surface area contributed by atoms with Gasteiger partial charge in [0.1, 0.15) is 17.2 Å². The number of carbonyl (C=O) groups excluding carboxylic acids is 2. The first-order chi connectivity index (χ1) is 11.5. The molecule has 5 nitrogen and oxygen atoms in total. The van der Waals surface area contributed by atoms with Crippen LogP contribution in [0, 0.1) is 5.92 Å². The fourth-order valence-corrected chi connectivity index (χ4v) is 2.93. The topological polar surface area (TPSA) is 64.6 Å². The van der Waals surface area contributed by atoms with Crippen LogP contribution in [0.3, 0.4) is 0 Å². The van der Waals surface area contributed by atoms with Crippen LogP contribution in [0.4, 0.5) is 0 Å². The van der Waals surface area contributed by atoms with E-state index < -0.39 is 23.2 Å². The molecule has 0 saturated carbocycles. The van der Waals surface area contributed by atoms with Gasteiger partial charge < -0.3 is 9.47 Å². The maximum absolute atomic E-state index is 12.7. The third-order valence-corrected chi connectivity index (χ3v) is 3.83. The van der Waals surface area contributed by atoms with Crippen LogP contribution in [0.1, 0.15) is 59.6 Å². The van der Waals surface area contributed by atoms with Crippen molar-refractivity contribution >= 4 is 11.9 Å². The summed E-state index contributed by atoms with van der Waals surface area (Å²) in [6.07, 6.45) is 0.364. The van der Waals surface area contributed by atoms with Gasteiger partial charge in [0.05, 0.1) is 5.92 Å². The van der Waals surface area contributed by atoms with Gasteiger partial charge in [0, 0.05) is 6.04 Å². The second-order valence-corrected chi connectivity index (χ2v) is 8.52. The number of rotatable bonds is 3. The summed E-state index contributed by atoms with van der Waals surface area (Å²) in [5.41, 5.74) is -0.169. The van der Waals surface area contributed by atoms with E-state index in [4.69, 9.17) is 9.47 Å². The van der Waals surface area contributed by atoms with Gasteiger partial charge in [0.25, 0.3) is 0 Å². The van der Waals surface area contributed by atoms with E-state index in [0.29, 0.717) is 6.42 Å². The van der Waals surface area contributed by atoms with E-state index in [1.807, 2.05) is 71.9 Å². The number of benzene rings is 1. The molecule has 0 radical (unpaired) electrons. The predicted octanol–water partition coefficient (Wildman–Crippen LogP) is 3.39. The van der Waals surface area contributed by atoms with Crippen molar-refractivity contribution in [3.8, 4) is 0 Å². The fourth-order valence-electron chi connectivity index (χ4n) is 2.93. The molecular weight excluding hydrogens is 318 g/mol. The number of carbonyl (C=O) groups is 2. The molecule has 1 N–H and O–H groups in total. The molecule has 0 spiro atoms. The molecule has 1 aromatic carbocycles. The second kappa shape index (κ2) is 7.16. The van der Waals surface area contributed by atoms with E-state index in [1.54, 1.807) is 0 Å². The zero-order chi connectivity index (χ0) is 18.8. The molecule has 0 bridgehead atoms. The molecule has 0 unspecified atom stereocenters. The maximum Gasteiger partial charge on any atom is 0.323 e. The third kappa shape index (κ3) is 5.56. The van der Waals surface area contributed by atoms with Gasteiger partial charge in [0.2, 0.25) is 0 Å². The van der Waals surface area contributed by atoms with E-state index in [1.165, 1.54) is 0 Å². The van der Waals surface area contributed by atoms with Gasteiger partial charge in [-0.1, -0.05) is 30.3 Å². The molecule has 0 aliphatic carbocycles. The summed E-state index contributed by atoms with van der Waals surface area (Å²) in [6.45, 7) is 11.0. The van der Waals surface area contributed by atoms with Gasteiger partial charge in [-0.15, -0.1) is 0 Å². The Bertz CT molecular complexity index is 613. The average Bonchev–Trinajstić information content (AvgIpc) is 2.90. The van der Waals surface area contributed by atoms with Crippen molar-refractivity contribution < 1.29 is 19.1 Å². The summed E-state index contributed by atoms with van der Waals surface area (Å²) < 4.78 is 11.1. The average molecular weight is 347 g/mol. The molecule has 1 aliphatic heterocycles. The van der Waals surface area contributed by atoms with E-state index in [2.05, 4.69) is 5.32 Å².